The van der Waals surface area contributed by atoms with Crippen LogP contribution in [0.15, 0.2) is 0 Å². The van der Waals surface area contributed by atoms with Crippen LogP contribution in [0.5, 0.6) is 0 Å². The number of hydrogen-bond acceptors (Lipinski definition) is 4. The van der Waals surface area contributed by atoms with Gasteiger partial charge in [0.1, 0.15) is 0 Å². The van der Waals surface area contributed by atoms with Crippen molar-refractivity contribution in [3.8, 4) is 0 Å². The highest BCUT2D eigenvalue weighted by molar-refractivity contribution is 6.03. The fourth-order valence-corrected chi connectivity index (χ4v) is 1.93. The van der Waals surface area contributed by atoms with Gasteiger partial charge in [-0.25, -0.2) is 0 Å². The van der Waals surface area contributed by atoms with Gasteiger partial charge in [-0.15, -0.1) is 0 Å². The van der Waals surface area contributed by atoms with Crippen molar-refractivity contribution < 1.29 is 19.2 Å². The first-order valence-electron chi connectivity index (χ1n) is 6.03. The van der Waals surface area contributed by atoms with Gasteiger partial charge in [0.05, 0.1) is 0 Å². The van der Waals surface area contributed by atoms with E-state index >= 15 is 0 Å². The van der Waals surface area contributed by atoms with Gasteiger partial charge in [-0.1, -0.05) is 13.8 Å². The van der Waals surface area contributed by atoms with Crippen LogP contribution in [-0.2, 0) is 19.2 Å². The molecule has 1 rings (SSSR count). The Kier molecular flexibility index (Phi) is 4.58. The van der Waals surface area contributed by atoms with E-state index < -0.39 is 0 Å². The lowest BCUT2D eigenvalue weighted by molar-refractivity contribution is -0.147. The molecule has 1 unspecified atom stereocenters. The second-order valence-electron chi connectivity index (χ2n) is 4.41. The molecule has 1 atom stereocenters. The quantitative estimate of drug-likeness (QED) is 0.670. The van der Waals surface area contributed by atoms with Gasteiger partial charge in [0.15, 0.2) is 0 Å². The zero-order chi connectivity index (χ0) is 13.9. The van der Waals surface area contributed by atoms with Crippen LogP contribution < -0.4 is 0 Å². The lowest BCUT2D eigenvalue weighted by Crippen LogP contribution is -2.42. The molecular weight excluding hydrogens is 236 g/mol. The van der Waals surface area contributed by atoms with Crippen molar-refractivity contribution in [3.05, 3.63) is 0 Å². The van der Waals surface area contributed by atoms with Gasteiger partial charge < -0.3 is 0 Å². The van der Waals surface area contributed by atoms with Crippen LogP contribution in [0.2, 0.25) is 0 Å². The normalized spacial score (nSPS) is 19.3. The number of nitrogens with zero attached hydrogens (tertiary/aromatic N) is 2. The maximum atomic E-state index is 11.7. The number of carbonyl (C=O) groups is 4. The van der Waals surface area contributed by atoms with E-state index in [-0.39, 0.29) is 55.5 Å². The number of imide groups is 2. The monoisotopic (exact) mass is 254 g/mol. The van der Waals surface area contributed by atoms with Gasteiger partial charge in [-0.3, -0.25) is 29.0 Å². The first kappa shape index (κ1) is 14.3. The van der Waals surface area contributed by atoms with E-state index in [0.717, 1.165) is 9.80 Å². The summed E-state index contributed by atoms with van der Waals surface area (Å²) in [4.78, 5) is 48.2. The molecule has 6 nitrogen and oxygen atoms in total. The summed E-state index contributed by atoms with van der Waals surface area (Å²) in [6, 6.07) is 0. The highest BCUT2D eigenvalue weighted by Crippen LogP contribution is 2.18. The highest BCUT2D eigenvalue weighted by Gasteiger charge is 2.35. The summed E-state index contributed by atoms with van der Waals surface area (Å²) in [5.41, 5.74) is 0. The van der Waals surface area contributed by atoms with Crippen LogP contribution in [0.4, 0.5) is 0 Å². The predicted octanol–water partition coefficient (Wildman–Crippen LogP) is 0.166. The van der Waals surface area contributed by atoms with E-state index in [1.807, 2.05) is 0 Å². The number of likely N-dealkylation sites (tertiary alicyclic amines) is 1. The third kappa shape index (κ3) is 2.94. The zero-order valence-electron chi connectivity index (χ0n) is 10.9. The van der Waals surface area contributed by atoms with Crippen molar-refractivity contribution >= 4 is 23.6 Å². The van der Waals surface area contributed by atoms with Crippen molar-refractivity contribution in [1.82, 2.24) is 9.80 Å². The van der Waals surface area contributed by atoms with E-state index in [1.165, 1.54) is 6.92 Å². The molecule has 0 saturated carbocycles. The number of hydrogen-bond donors (Lipinski definition) is 0. The predicted molar refractivity (Wildman–Crippen MR) is 63.2 cm³/mol. The molecule has 1 saturated heterocycles. The van der Waals surface area contributed by atoms with Crippen LogP contribution in [0.1, 0.15) is 33.6 Å². The average Bonchev–Trinajstić information content (AvgIpc) is 2.54. The summed E-state index contributed by atoms with van der Waals surface area (Å²) in [6.45, 7) is 4.82. The molecule has 1 aliphatic heterocycles. The Morgan fingerprint density at radius 3 is 2.39 bits per heavy atom. The Morgan fingerprint density at radius 2 is 2.00 bits per heavy atom. The van der Waals surface area contributed by atoms with Crippen molar-refractivity contribution in [2.24, 2.45) is 5.92 Å². The van der Waals surface area contributed by atoms with Crippen molar-refractivity contribution in [1.29, 1.82) is 0 Å². The molecule has 0 N–H and O–H groups in total. The maximum Gasteiger partial charge on any atom is 0.232 e. The number of carbonyl (C=O) groups excluding carboxylic acids is 4. The standard InChI is InChI=1S/C12H18N2O4/c1-4-10(16)13(9(3)15)5-6-14-11(17)7-8(2)12(14)18/h8H,4-7H2,1-3H3. The zero-order valence-corrected chi connectivity index (χ0v) is 10.9. The molecule has 18 heavy (non-hydrogen) atoms. The first-order chi connectivity index (χ1) is 8.38. The molecule has 0 aromatic rings. The van der Waals surface area contributed by atoms with Gasteiger partial charge in [0.2, 0.25) is 23.6 Å². The largest absolute Gasteiger partial charge is 0.281 e. The minimum atomic E-state index is -0.367. The smallest absolute Gasteiger partial charge is 0.232 e. The van der Waals surface area contributed by atoms with Crippen LogP contribution in [0, 0.1) is 5.92 Å². The number of amides is 4. The fraction of sp³-hybridized carbons (Fsp3) is 0.667. The molecule has 4 amide bonds. The first-order valence-corrected chi connectivity index (χ1v) is 6.03. The van der Waals surface area contributed by atoms with E-state index in [9.17, 15) is 19.2 Å². The van der Waals surface area contributed by atoms with Crippen molar-refractivity contribution in [3.63, 3.8) is 0 Å². The summed E-state index contributed by atoms with van der Waals surface area (Å²) < 4.78 is 0. The van der Waals surface area contributed by atoms with Crippen LogP contribution in [0.25, 0.3) is 0 Å². The second kappa shape index (κ2) is 5.75. The van der Waals surface area contributed by atoms with Crippen molar-refractivity contribution in [2.45, 2.75) is 33.6 Å². The van der Waals surface area contributed by atoms with Crippen LogP contribution in [0.3, 0.4) is 0 Å². The molecule has 1 aliphatic rings. The average molecular weight is 254 g/mol. The Labute approximate surface area is 106 Å². The van der Waals surface area contributed by atoms with E-state index in [2.05, 4.69) is 0 Å². The molecule has 0 radical (unpaired) electrons. The summed E-state index contributed by atoms with van der Waals surface area (Å²) >= 11 is 0. The Hall–Kier alpha value is -1.72. The second-order valence-corrected chi connectivity index (χ2v) is 4.41. The highest BCUT2D eigenvalue weighted by atomic mass is 16.2. The molecule has 0 aromatic heterocycles. The summed E-state index contributed by atoms with van der Waals surface area (Å²) in [5.74, 6) is -1.43. The summed E-state index contributed by atoms with van der Waals surface area (Å²) in [7, 11) is 0. The van der Waals surface area contributed by atoms with Gasteiger partial charge in [0.25, 0.3) is 0 Å². The van der Waals surface area contributed by atoms with Gasteiger partial charge in [-0.2, -0.15) is 0 Å². The Bertz CT molecular complexity index is 382. The SMILES string of the molecule is CCC(=O)N(CCN1C(=O)CC(C)C1=O)C(C)=O. The van der Waals surface area contributed by atoms with E-state index in [4.69, 9.17) is 0 Å². The minimum absolute atomic E-state index is 0.0756. The Morgan fingerprint density at radius 1 is 1.39 bits per heavy atom. The fourth-order valence-electron chi connectivity index (χ4n) is 1.93. The third-order valence-electron chi connectivity index (χ3n) is 3.00. The molecule has 1 fully saturated rings. The topological polar surface area (TPSA) is 74.8 Å². The van der Waals surface area contributed by atoms with Crippen molar-refractivity contribution in [2.75, 3.05) is 13.1 Å². The lowest BCUT2D eigenvalue weighted by Gasteiger charge is -2.21. The molecule has 6 heteroatoms. The summed E-state index contributed by atoms with van der Waals surface area (Å²) in [6.07, 6.45) is 0.429. The molecule has 0 aliphatic carbocycles. The minimum Gasteiger partial charge on any atom is -0.281 e. The van der Waals surface area contributed by atoms with E-state index in [0.29, 0.717) is 0 Å². The molecular formula is C12H18N2O4. The lowest BCUT2D eigenvalue weighted by atomic mass is 10.1. The molecule has 0 bridgehead atoms. The number of rotatable bonds is 4. The summed E-state index contributed by atoms with van der Waals surface area (Å²) in [5, 5.41) is 0. The van der Waals surface area contributed by atoms with Crippen LogP contribution >= 0.6 is 0 Å². The molecule has 100 valence electrons. The third-order valence-corrected chi connectivity index (χ3v) is 3.00. The molecule has 0 aromatic carbocycles. The van der Waals surface area contributed by atoms with E-state index in [1.54, 1.807) is 13.8 Å². The molecule has 0 spiro atoms. The van der Waals surface area contributed by atoms with Crippen LogP contribution in [-0.4, -0.2) is 46.5 Å². The van der Waals surface area contributed by atoms with Gasteiger partial charge in [-0.05, 0) is 0 Å². The van der Waals surface area contributed by atoms with Gasteiger partial charge in [0, 0.05) is 38.8 Å². The maximum absolute atomic E-state index is 11.7. The van der Waals surface area contributed by atoms with Gasteiger partial charge >= 0.3 is 0 Å². The Balaban J connectivity index is 2.63. The molecule has 1 heterocycles.